The molecule has 118 valence electrons. The highest BCUT2D eigenvalue weighted by Crippen LogP contribution is 2.37. The van der Waals surface area contributed by atoms with E-state index in [0.29, 0.717) is 17.2 Å². The minimum Gasteiger partial charge on any atom is -0.493 e. The van der Waals surface area contributed by atoms with Gasteiger partial charge in [-0.15, -0.1) is 0 Å². The Morgan fingerprint density at radius 3 is 2.24 bits per heavy atom. The summed E-state index contributed by atoms with van der Waals surface area (Å²) in [5.74, 6) is 1.35. The second kappa shape index (κ2) is 6.43. The van der Waals surface area contributed by atoms with Gasteiger partial charge in [-0.1, -0.05) is 12.8 Å². The van der Waals surface area contributed by atoms with Crippen LogP contribution in [0.25, 0.3) is 0 Å². The van der Waals surface area contributed by atoms with Crippen molar-refractivity contribution in [2.24, 2.45) is 0 Å². The fourth-order valence-corrected chi connectivity index (χ4v) is 3.12. The molecule has 0 aromatic heterocycles. The van der Waals surface area contributed by atoms with Gasteiger partial charge < -0.3 is 25.4 Å². The van der Waals surface area contributed by atoms with Crippen LogP contribution in [0.1, 0.15) is 25.7 Å². The van der Waals surface area contributed by atoms with Crippen molar-refractivity contribution in [3.8, 4) is 11.5 Å². The molecule has 5 nitrogen and oxygen atoms in total. The van der Waals surface area contributed by atoms with Gasteiger partial charge in [-0.2, -0.15) is 0 Å². The molecule has 0 aliphatic heterocycles. The SMILES string of the molecule is COc1cc(N)c(NCC2(N(C)C)CCCC2)cc1OC. The summed E-state index contributed by atoms with van der Waals surface area (Å²) in [6.45, 7) is 0.889. The molecule has 0 saturated heterocycles. The van der Waals surface area contributed by atoms with Crippen molar-refractivity contribution >= 4 is 11.4 Å². The third kappa shape index (κ3) is 3.18. The van der Waals surface area contributed by atoms with E-state index < -0.39 is 0 Å². The molecule has 0 spiro atoms. The van der Waals surface area contributed by atoms with Crippen molar-refractivity contribution in [1.82, 2.24) is 4.90 Å². The molecule has 0 unspecified atom stereocenters. The van der Waals surface area contributed by atoms with Gasteiger partial charge in [0.2, 0.25) is 0 Å². The molecule has 0 amide bonds. The van der Waals surface area contributed by atoms with Crippen LogP contribution in [0, 0.1) is 0 Å². The van der Waals surface area contributed by atoms with Gasteiger partial charge in [-0.3, -0.25) is 0 Å². The molecule has 5 heteroatoms. The first kappa shape index (κ1) is 15.8. The Bertz CT molecular complexity index is 483. The number of ether oxygens (including phenoxy) is 2. The maximum Gasteiger partial charge on any atom is 0.162 e. The van der Waals surface area contributed by atoms with E-state index in [1.165, 1.54) is 25.7 Å². The molecule has 21 heavy (non-hydrogen) atoms. The predicted molar refractivity (Wildman–Crippen MR) is 87.3 cm³/mol. The highest BCUT2D eigenvalue weighted by molar-refractivity contribution is 5.72. The van der Waals surface area contributed by atoms with Gasteiger partial charge in [0.1, 0.15) is 0 Å². The van der Waals surface area contributed by atoms with E-state index in [1.54, 1.807) is 20.3 Å². The van der Waals surface area contributed by atoms with Gasteiger partial charge in [0, 0.05) is 24.2 Å². The monoisotopic (exact) mass is 293 g/mol. The largest absolute Gasteiger partial charge is 0.493 e. The second-order valence-electron chi connectivity index (χ2n) is 5.97. The van der Waals surface area contributed by atoms with Crippen LogP contribution in [-0.2, 0) is 0 Å². The van der Waals surface area contributed by atoms with E-state index in [0.717, 1.165) is 12.2 Å². The van der Waals surface area contributed by atoms with Crippen molar-refractivity contribution in [1.29, 1.82) is 0 Å². The predicted octanol–water partition coefficient (Wildman–Crippen LogP) is 2.57. The summed E-state index contributed by atoms with van der Waals surface area (Å²) in [4.78, 5) is 2.34. The van der Waals surface area contributed by atoms with Crippen LogP contribution in [0.4, 0.5) is 11.4 Å². The average Bonchev–Trinajstić information content (AvgIpc) is 2.95. The van der Waals surface area contributed by atoms with Crippen molar-refractivity contribution < 1.29 is 9.47 Å². The summed E-state index contributed by atoms with van der Waals surface area (Å²) in [6, 6.07) is 3.71. The lowest BCUT2D eigenvalue weighted by molar-refractivity contribution is 0.172. The van der Waals surface area contributed by atoms with Crippen molar-refractivity contribution in [2.75, 3.05) is 45.9 Å². The summed E-state index contributed by atoms with van der Waals surface area (Å²) in [5.41, 5.74) is 7.92. The number of nitrogen functional groups attached to an aromatic ring is 1. The molecule has 1 aromatic carbocycles. The molecular weight excluding hydrogens is 266 g/mol. The Kier molecular flexibility index (Phi) is 4.83. The van der Waals surface area contributed by atoms with Crippen LogP contribution < -0.4 is 20.5 Å². The number of nitrogens with zero attached hydrogens (tertiary/aromatic N) is 1. The lowest BCUT2D eigenvalue weighted by atomic mass is 9.96. The second-order valence-corrected chi connectivity index (χ2v) is 5.97. The van der Waals surface area contributed by atoms with Crippen LogP contribution >= 0.6 is 0 Å². The Balaban J connectivity index is 2.16. The lowest BCUT2D eigenvalue weighted by Gasteiger charge is -2.37. The molecule has 0 atom stereocenters. The van der Waals surface area contributed by atoms with Crippen LogP contribution in [0.15, 0.2) is 12.1 Å². The summed E-state index contributed by atoms with van der Waals surface area (Å²) in [5, 5.41) is 3.50. The Morgan fingerprint density at radius 1 is 1.14 bits per heavy atom. The number of rotatable bonds is 6. The van der Waals surface area contributed by atoms with E-state index in [-0.39, 0.29) is 5.54 Å². The molecule has 0 heterocycles. The first-order chi connectivity index (χ1) is 10.0. The molecular formula is C16H27N3O2. The number of benzene rings is 1. The molecule has 1 aliphatic rings. The van der Waals surface area contributed by atoms with Gasteiger partial charge in [-0.25, -0.2) is 0 Å². The van der Waals surface area contributed by atoms with E-state index in [4.69, 9.17) is 15.2 Å². The zero-order valence-corrected chi connectivity index (χ0v) is 13.5. The quantitative estimate of drug-likeness (QED) is 0.789. The van der Waals surface area contributed by atoms with Gasteiger partial charge >= 0.3 is 0 Å². The zero-order valence-electron chi connectivity index (χ0n) is 13.5. The third-order valence-electron chi connectivity index (χ3n) is 4.65. The maximum atomic E-state index is 6.11. The number of anilines is 2. The molecule has 1 fully saturated rings. The normalized spacial score (nSPS) is 17.0. The minimum atomic E-state index is 0.222. The number of hydrogen-bond acceptors (Lipinski definition) is 5. The van der Waals surface area contributed by atoms with Crippen LogP contribution in [-0.4, -0.2) is 45.3 Å². The molecule has 1 aliphatic carbocycles. The number of nitrogens with one attached hydrogen (secondary N) is 1. The van der Waals surface area contributed by atoms with E-state index in [2.05, 4.69) is 24.3 Å². The molecule has 0 bridgehead atoms. The number of likely N-dealkylation sites (N-methyl/N-ethyl adjacent to an activating group) is 1. The molecule has 0 radical (unpaired) electrons. The first-order valence-corrected chi connectivity index (χ1v) is 7.45. The van der Waals surface area contributed by atoms with Gasteiger partial charge in [0.15, 0.2) is 11.5 Å². The summed E-state index contributed by atoms with van der Waals surface area (Å²) in [7, 11) is 7.57. The average molecular weight is 293 g/mol. The summed E-state index contributed by atoms with van der Waals surface area (Å²) < 4.78 is 10.6. The molecule has 3 N–H and O–H groups in total. The molecule has 2 rings (SSSR count). The van der Waals surface area contributed by atoms with Crippen LogP contribution in [0.5, 0.6) is 11.5 Å². The minimum absolute atomic E-state index is 0.222. The third-order valence-corrected chi connectivity index (χ3v) is 4.65. The Labute approximate surface area is 127 Å². The van der Waals surface area contributed by atoms with Crippen molar-refractivity contribution in [3.63, 3.8) is 0 Å². The highest BCUT2D eigenvalue weighted by atomic mass is 16.5. The number of methoxy groups -OCH3 is 2. The van der Waals surface area contributed by atoms with Crippen molar-refractivity contribution in [2.45, 2.75) is 31.2 Å². The van der Waals surface area contributed by atoms with Crippen LogP contribution in [0.2, 0.25) is 0 Å². The first-order valence-electron chi connectivity index (χ1n) is 7.45. The fraction of sp³-hybridized carbons (Fsp3) is 0.625. The van der Waals surface area contributed by atoms with E-state index >= 15 is 0 Å². The van der Waals surface area contributed by atoms with Crippen LogP contribution in [0.3, 0.4) is 0 Å². The summed E-state index contributed by atoms with van der Waals surface area (Å²) in [6.07, 6.45) is 5.03. The number of hydrogen-bond donors (Lipinski definition) is 2. The smallest absolute Gasteiger partial charge is 0.162 e. The standard InChI is InChI=1S/C16H27N3O2/c1-19(2)16(7-5-6-8-16)11-18-13-10-15(21-4)14(20-3)9-12(13)17/h9-10,18H,5-8,11,17H2,1-4H3. The fourth-order valence-electron chi connectivity index (χ4n) is 3.12. The van der Waals surface area contributed by atoms with Crippen molar-refractivity contribution in [3.05, 3.63) is 12.1 Å². The number of nitrogens with two attached hydrogens (primary N) is 1. The van der Waals surface area contributed by atoms with Gasteiger partial charge in [-0.05, 0) is 26.9 Å². The molecule has 1 saturated carbocycles. The summed E-state index contributed by atoms with van der Waals surface area (Å²) >= 11 is 0. The van der Waals surface area contributed by atoms with E-state index in [1.807, 2.05) is 6.07 Å². The van der Waals surface area contributed by atoms with E-state index in [9.17, 15) is 0 Å². The lowest BCUT2D eigenvalue weighted by Crippen LogP contribution is -2.47. The van der Waals surface area contributed by atoms with Gasteiger partial charge in [0.25, 0.3) is 0 Å². The topological polar surface area (TPSA) is 59.8 Å². The highest BCUT2D eigenvalue weighted by Gasteiger charge is 2.35. The molecule has 1 aromatic rings. The van der Waals surface area contributed by atoms with Gasteiger partial charge in [0.05, 0.1) is 25.6 Å². The maximum absolute atomic E-state index is 6.11. The zero-order chi connectivity index (χ0) is 15.5. The Morgan fingerprint density at radius 2 is 1.71 bits per heavy atom. The Hall–Kier alpha value is -1.62.